The zero-order valence-corrected chi connectivity index (χ0v) is 30.4. The normalized spacial score (nSPS) is 12.4. The second kappa shape index (κ2) is 12.2. The zero-order chi connectivity index (χ0) is 24.0. The summed E-state index contributed by atoms with van der Waals surface area (Å²) in [6, 6.07) is 7.29. The van der Waals surface area contributed by atoms with Crippen LogP contribution < -0.4 is 0 Å². The maximum absolute atomic E-state index is 12.2. The summed E-state index contributed by atoms with van der Waals surface area (Å²) >= 11 is 0. The molecule has 4 radical (unpaired) electrons. The van der Waals surface area contributed by atoms with Gasteiger partial charge in [-0.2, -0.15) is 33.7 Å². The fourth-order valence-corrected chi connectivity index (χ4v) is 8.22. The Morgan fingerprint density at radius 1 is 0.472 bits per heavy atom. The third-order valence-electron chi connectivity index (χ3n) is 4.80. The largest absolute Gasteiger partial charge is 0.297 e. The van der Waals surface area contributed by atoms with Crippen molar-refractivity contribution in [3.05, 3.63) is 36.4 Å². The average Bonchev–Trinajstić information content (AvgIpc) is 2.61. The van der Waals surface area contributed by atoms with Gasteiger partial charge in [-0.1, -0.05) is 30.3 Å². The first kappa shape index (κ1) is 37.6. The van der Waals surface area contributed by atoms with Crippen molar-refractivity contribution < 1.29 is 51.9 Å². The minimum Gasteiger partial charge on any atom is -0.282 e. The first-order chi connectivity index (χ1) is 14.4. The van der Waals surface area contributed by atoms with Crippen molar-refractivity contribution in [2.75, 3.05) is 0 Å². The molecule has 174 valence electrons. The molecule has 0 aliphatic carbocycles. The average molecular weight is 614 g/mol. The van der Waals surface area contributed by atoms with Crippen LogP contribution in [-0.2, 0) is 40.5 Å². The van der Waals surface area contributed by atoms with Crippen LogP contribution in [0.3, 0.4) is 0 Å². The second-order valence-electron chi connectivity index (χ2n) is 6.70. The summed E-state index contributed by atoms with van der Waals surface area (Å²) in [5.41, 5.74) is 0. The van der Waals surface area contributed by atoms with Crippen molar-refractivity contribution in [2.45, 2.75) is 19.6 Å². The SMILES string of the molecule is O=S(=O)(O)c1c(S(=O)(=O)O)c2ccc3cccc4cc(S(=O)(=O)O)c(c1S(=O)(=O)O)c2c34.[Na].[Na].[Na].[Na]. The van der Waals surface area contributed by atoms with Gasteiger partial charge < -0.3 is 0 Å². The van der Waals surface area contributed by atoms with Crippen LogP contribution in [0.15, 0.2) is 56.0 Å². The van der Waals surface area contributed by atoms with Crippen LogP contribution in [0.25, 0.3) is 32.3 Å². The van der Waals surface area contributed by atoms with Gasteiger partial charge in [0, 0.05) is 134 Å². The summed E-state index contributed by atoms with van der Waals surface area (Å²) in [5, 5.41) is -1.88. The molecule has 0 spiro atoms. The Labute approximate surface area is 294 Å². The molecule has 4 rings (SSSR count). The fraction of sp³-hybridized carbons (Fsp3) is 0. The second-order valence-corrected chi connectivity index (χ2v) is 12.2. The smallest absolute Gasteiger partial charge is 0.282 e. The van der Waals surface area contributed by atoms with Crippen LogP contribution in [0.1, 0.15) is 0 Å². The molecular weight excluding hydrogens is 604 g/mol. The predicted octanol–water partition coefficient (Wildman–Crippen LogP) is 0.0476. The molecule has 4 aromatic carbocycles. The molecule has 0 saturated heterocycles. The van der Waals surface area contributed by atoms with E-state index in [1.807, 2.05) is 0 Å². The quantitative estimate of drug-likeness (QED) is 0.136. The van der Waals surface area contributed by atoms with E-state index in [4.69, 9.17) is 0 Å². The van der Waals surface area contributed by atoms with Crippen LogP contribution in [0.2, 0.25) is 0 Å². The Hall–Kier alpha value is 1.56. The third kappa shape index (κ3) is 6.54. The molecule has 4 N–H and O–H groups in total. The van der Waals surface area contributed by atoms with Crippen molar-refractivity contribution in [1.29, 1.82) is 0 Å². The fourth-order valence-electron chi connectivity index (χ4n) is 3.82. The van der Waals surface area contributed by atoms with Gasteiger partial charge in [-0.25, -0.2) is 0 Å². The maximum Gasteiger partial charge on any atom is 0.297 e. The minimum absolute atomic E-state index is 0. The molecule has 0 heterocycles. The summed E-state index contributed by atoms with van der Waals surface area (Å²) in [5.74, 6) is 0. The topological polar surface area (TPSA) is 217 Å². The third-order valence-corrected chi connectivity index (χ3v) is 8.72. The van der Waals surface area contributed by atoms with E-state index in [1.165, 1.54) is 24.3 Å². The van der Waals surface area contributed by atoms with E-state index in [-0.39, 0.29) is 129 Å². The van der Waals surface area contributed by atoms with Crippen molar-refractivity contribution in [3.63, 3.8) is 0 Å². The number of hydrogen-bond acceptors (Lipinski definition) is 8. The molecular formula is C16H10Na4O12S4. The summed E-state index contributed by atoms with van der Waals surface area (Å²) in [4.78, 5) is -6.60. The molecule has 12 nitrogen and oxygen atoms in total. The van der Waals surface area contributed by atoms with E-state index in [2.05, 4.69) is 0 Å². The van der Waals surface area contributed by atoms with Crippen LogP contribution in [0, 0.1) is 0 Å². The molecule has 0 saturated carbocycles. The van der Waals surface area contributed by atoms with Crippen molar-refractivity contribution in [2.24, 2.45) is 0 Å². The molecule has 36 heavy (non-hydrogen) atoms. The zero-order valence-electron chi connectivity index (χ0n) is 19.2. The first-order valence-corrected chi connectivity index (χ1v) is 13.9. The molecule has 4 aromatic rings. The van der Waals surface area contributed by atoms with E-state index in [0.29, 0.717) is 5.39 Å². The Kier molecular flexibility index (Phi) is 12.7. The van der Waals surface area contributed by atoms with Gasteiger partial charge in [0.15, 0.2) is 0 Å². The van der Waals surface area contributed by atoms with Gasteiger partial charge in [0.1, 0.15) is 19.6 Å². The van der Waals surface area contributed by atoms with Crippen LogP contribution in [0.4, 0.5) is 0 Å². The monoisotopic (exact) mass is 614 g/mol. The van der Waals surface area contributed by atoms with E-state index in [9.17, 15) is 51.9 Å². The number of hydrogen-bond donors (Lipinski definition) is 4. The molecule has 20 heteroatoms. The molecule has 0 amide bonds. The van der Waals surface area contributed by atoms with Gasteiger partial charge in [-0.15, -0.1) is 0 Å². The summed E-state index contributed by atoms with van der Waals surface area (Å²) in [7, 11) is -22.5. The summed E-state index contributed by atoms with van der Waals surface area (Å²) in [6.07, 6.45) is 0. The standard InChI is InChI=1S/C16H10O12S4.4Na/c17-29(18,19)10-6-8-3-1-2-7-4-5-9-12(11(7)8)13(10)15(31(23,24)25)16(32(26,27)28)14(9)30(20,21)22;;;;/h1-6H,(H,17,18,19)(H,20,21,22)(H,23,24,25)(H,26,27,28);;;;. The van der Waals surface area contributed by atoms with Crippen LogP contribution in [-0.4, -0.2) is 170 Å². The molecule has 0 aliphatic rings. The van der Waals surface area contributed by atoms with Crippen LogP contribution in [0.5, 0.6) is 0 Å². The molecule has 0 unspecified atom stereocenters. The van der Waals surface area contributed by atoms with Gasteiger partial charge in [-0.3, -0.25) is 18.2 Å². The van der Waals surface area contributed by atoms with Crippen molar-refractivity contribution >= 4 is 191 Å². The minimum atomic E-state index is -5.84. The van der Waals surface area contributed by atoms with Gasteiger partial charge in [0.05, 0.1) is 0 Å². The van der Waals surface area contributed by atoms with Gasteiger partial charge in [-0.05, 0) is 22.2 Å². The molecule has 0 bridgehead atoms. The van der Waals surface area contributed by atoms with Gasteiger partial charge in [0.25, 0.3) is 40.5 Å². The summed E-state index contributed by atoms with van der Waals surface area (Å²) < 4.78 is 136. The molecule has 0 aromatic heterocycles. The molecule has 0 atom stereocenters. The van der Waals surface area contributed by atoms with Crippen molar-refractivity contribution in [1.82, 2.24) is 0 Å². The van der Waals surface area contributed by atoms with E-state index in [1.54, 1.807) is 0 Å². The van der Waals surface area contributed by atoms with E-state index >= 15 is 0 Å². The Balaban J connectivity index is 0.00000306. The Morgan fingerprint density at radius 2 is 0.944 bits per heavy atom. The van der Waals surface area contributed by atoms with Crippen molar-refractivity contribution in [3.8, 4) is 0 Å². The van der Waals surface area contributed by atoms with E-state index < -0.39 is 76.2 Å². The summed E-state index contributed by atoms with van der Waals surface area (Å²) in [6.45, 7) is 0. The van der Waals surface area contributed by atoms with Gasteiger partial charge >= 0.3 is 0 Å². The van der Waals surface area contributed by atoms with Crippen LogP contribution >= 0.6 is 0 Å². The number of benzene rings is 4. The first-order valence-electron chi connectivity index (χ1n) is 8.11. The predicted molar refractivity (Wildman–Crippen MR) is 132 cm³/mol. The molecule has 0 fully saturated rings. The Morgan fingerprint density at radius 3 is 1.39 bits per heavy atom. The molecule has 0 aliphatic heterocycles. The Bertz CT molecular complexity index is 1920. The number of rotatable bonds is 4. The van der Waals surface area contributed by atoms with E-state index in [0.717, 1.165) is 12.1 Å². The van der Waals surface area contributed by atoms with Gasteiger partial charge in [0.2, 0.25) is 0 Å². The maximum atomic E-state index is 12.2.